The first kappa shape index (κ1) is 15.4. The molecule has 2 N–H and O–H groups in total. The van der Waals surface area contributed by atoms with Crippen molar-refractivity contribution < 1.29 is 17.9 Å². The van der Waals surface area contributed by atoms with Crippen LogP contribution in [-0.4, -0.2) is 50.7 Å². The Balaban J connectivity index is 2.69. The Morgan fingerprint density at radius 2 is 2.11 bits per heavy atom. The molecule has 7 heteroatoms. The number of nitrogens with two attached hydrogens (primary N) is 1. The Morgan fingerprint density at radius 1 is 1.44 bits per heavy atom. The topological polar surface area (TPSA) is 89.7 Å². The van der Waals surface area contributed by atoms with Crippen molar-refractivity contribution in [1.82, 2.24) is 4.31 Å². The van der Waals surface area contributed by atoms with E-state index in [0.29, 0.717) is 6.54 Å². The Labute approximate surface area is 109 Å². The van der Waals surface area contributed by atoms with Crippen molar-refractivity contribution >= 4 is 16.0 Å². The summed E-state index contributed by atoms with van der Waals surface area (Å²) >= 11 is 0. The molecular weight excluding hydrogens is 256 g/mol. The van der Waals surface area contributed by atoms with Gasteiger partial charge in [-0.1, -0.05) is 6.42 Å². The predicted molar refractivity (Wildman–Crippen MR) is 68.4 cm³/mol. The van der Waals surface area contributed by atoms with E-state index in [1.165, 1.54) is 11.4 Å². The molecule has 0 amide bonds. The van der Waals surface area contributed by atoms with Gasteiger partial charge in [0.05, 0.1) is 6.61 Å². The van der Waals surface area contributed by atoms with Crippen LogP contribution in [0.1, 0.15) is 26.2 Å². The first-order valence-electron chi connectivity index (χ1n) is 6.23. The number of rotatable bonds is 6. The van der Waals surface area contributed by atoms with E-state index >= 15 is 0 Å². The Morgan fingerprint density at radius 3 is 2.67 bits per heavy atom. The van der Waals surface area contributed by atoms with E-state index in [1.54, 1.807) is 6.92 Å². The van der Waals surface area contributed by atoms with Crippen LogP contribution in [0.5, 0.6) is 0 Å². The summed E-state index contributed by atoms with van der Waals surface area (Å²) in [5.41, 5.74) is 5.64. The van der Waals surface area contributed by atoms with Crippen molar-refractivity contribution in [2.45, 2.75) is 32.2 Å². The van der Waals surface area contributed by atoms with Crippen LogP contribution < -0.4 is 5.73 Å². The number of esters is 1. The second-order valence-corrected chi connectivity index (χ2v) is 6.60. The molecule has 1 saturated carbocycles. The molecule has 106 valence electrons. The lowest BCUT2D eigenvalue weighted by Gasteiger charge is -2.27. The van der Waals surface area contributed by atoms with Gasteiger partial charge in [-0.15, -0.1) is 0 Å². The first-order chi connectivity index (χ1) is 8.42. The number of nitrogens with zero attached hydrogens (tertiary/aromatic N) is 1. The second-order valence-electron chi connectivity index (χ2n) is 4.57. The van der Waals surface area contributed by atoms with Crippen LogP contribution in [0, 0.1) is 5.92 Å². The lowest BCUT2D eigenvalue weighted by atomic mass is 10.0. The van der Waals surface area contributed by atoms with Gasteiger partial charge < -0.3 is 10.5 Å². The fraction of sp³-hybridized carbons (Fsp3) is 0.909. The van der Waals surface area contributed by atoms with Crippen LogP contribution >= 0.6 is 0 Å². The third-order valence-electron chi connectivity index (χ3n) is 3.43. The number of carbonyl (C=O) groups is 1. The largest absolute Gasteiger partial charge is 0.465 e. The number of ether oxygens (including phenoxy) is 1. The van der Waals surface area contributed by atoms with Gasteiger partial charge in [0, 0.05) is 13.1 Å². The molecule has 1 rings (SSSR count). The van der Waals surface area contributed by atoms with Gasteiger partial charge in [-0.3, -0.25) is 4.79 Å². The normalized spacial score (nSPS) is 24.4. The maximum Gasteiger partial charge on any atom is 0.322 e. The molecule has 0 saturated heterocycles. The maximum atomic E-state index is 12.0. The third kappa shape index (κ3) is 3.66. The van der Waals surface area contributed by atoms with Gasteiger partial charge in [0.2, 0.25) is 10.0 Å². The highest BCUT2D eigenvalue weighted by Gasteiger charge is 2.36. The van der Waals surface area contributed by atoms with Crippen LogP contribution in [0.15, 0.2) is 0 Å². The van der Waals surface area contributed by atoms with E-state index < -0.39 is 21.7 Å². The molecule has 0 aromatic heterocycles. The Kier molecular flexibility index (Phi) is 5.55. The molecule has 0 bridgehead atoms. The lowest BCUT2D eigenvalue weighted by Crippen LogP contribution is -2.43. The molecule has 6 nitrogen and oxygen atoms in total. The number of carbonyl (C=O) groups excluding carboxylic acids is 1. The van der Waals surface area contributed by atoms with E-state index in [-0.39, 0.29) is 18.6 Å². The van der Waals surface area contributed by atoms with Gasteiger partial charge in [0.15, 0.2) is 5.75 Å². The summed E-state index contributed by atoms with van der Waals surface area (Å²) in [5.74, 6) is -1.11. The van der Waals surface area contributed by atoms with Crippen molar-refractivity contribution in [1.29, 1.82) is 0 Å². The van der Waals surface area contributed by atoms with Gasteiger partial charge in [-0.25, -0.2) is 12.7 Å². The van der Waals surface area contributed by atoms with Crippen molar-refractivity contribution in [2.75, 3.05) is 26.0 Å². The average Bonchev–Trinajstić information content (AvgIpc) is 2.75. The molecule has 2 atom stereocenters. The molecule has 0 radical (unpaired) electrons. The summed E-state index contributed by atoms with van der Waals surface area (Å²) in [6.07, 6.45) is 2.73. The Bertz CT molecular complexity index is 383. The molecular formula is C11H22N2O4S. The molecule has 0 aromatic carbocycles. The summed E-state index contributed by atoms with van der Waals surface area (Å²) in [6.45, 7) is 2.31. The van der Waals surface area contributed by atoms with E-state index in [4.69, 9.17) is 5.73 Å². The quantitative estimate of drug-likeness (QED) is 0.687. The highest BCUT2D eigenvalue weighted by atomic mass is 32.2. The maximum absolute atomic E-state index is 12.0. The smallest absolute Gasteiger partial charge is 0.322 e. The van der Waals surface area contributed by atoms with Crippen molar-refractivity contribution in [2.24, 2.45) is 11.7 Å². The predicted octanol–water partition coefficient (Wildman–Crippen LogP) is -0.0615. The first-order valence-corrected chi connectivity index (χ1v) is 7.84. The zero-order valence-electron chi connectivity index (χ0n) is 11.0. The summed E-state index contributed by atoms with van der Waals surface area (Å²) in [6, 6.07) is -0.0885. The number of hydrogen-bond acceptors (Lipinski definition) is 5. The molecule has 0 spiro atoms. The Hall–Kier alpha value is -0.660. The van der Waals surface area contributed by atoms with Gasteiger partial charge in [-0.05, 0) is 32.2 Å². The highest BCUT2D eigenvalue weighted by molar-refractivity contribution is 7.89. The summed E-state index contributed by atoms with van der Waals surface area (Å²) in [7, 11) is -2.08. The third-order valence-corrected chi connectivity index (χ3v) is 5.18. The molecule has 2 unspecified atom stereocenters. The minimum absolute atomic E-state index is 0.0885. The van der Waals surface area contributed by atoms with Crippen molar-refractivity contribution in [3.8, 4) is 0 Å². The zero-order chi connectivity index (χ0) is 13.8. The fourth-order valence-electron chi connectivity index (χ4n) is 2.43. The average molecular weight is 278 g/mol. The van der Waals surface area contributed by atoms with Crippen LogP contribution in [0.25, 0.3) is 0 Å². The zero-order valence-corrected chi connectivity index (χ0v) is 11.8. The minimum Gasteiger partial charge on any atom is -0.465 e. The standard InChI is InChI=1S/C11H22N2O4S/c1-3-17-11(14)8-18(15,16)13(2)10-6-4-5-9(10)7-12/h9-10H,3-8,12H2,1-2H3. The lowest BCUT2D eigenvalue weighted by molar-refractivity contribution is -0.140. The van der Waals surface area contributed by atoms with E-state index in [0.717, 1.165) is 19.3 Å². The molecule has 18 heavy (non-hydrogen) atoms. The molecule has 1 aliphatic rings. The molecule has 1 aliphatic carbocycles. The molecule has 0 aromatic rings. The fourth-order valence-corrected chi connectivity index (χ4v) is 3.71. The minimum atomic E-state index is -3.60. The van der Waals surface area contributed by atoms with Crippen LogP contribution in [-0.2, 0) is 19.6 Å². The molecule has 0 aliphatic heterocycles. The van der Waals surface area contributed by atoms with Crippen molar-refractivity contribution in [3.05, 3.63) is 0 Å². The molecule has 0 heterocycles. The summed E-state index contributed by atoms with van der Waals surface area (Å²) < 4.78 is 30.1. The summed E-state index contributed by atoms with van der Waals surface area (Å²) in [4.78, 5) is 11.3. The second kappa shape index (κ2) is 6.49. The van der Waals surface area contributed by atoms with E-state index in [1.807, 2.05) is 0 Å². The SMILES string of the molecule is CCOC(=O)CS(=O)(=O)N(C)C1CCCC1CN. The van der Waals surface area contributed by atoms with E-state index in [9.17, 15) is 13.2 Å². The monoisotopic (exact) mass is 278 g/mol. The van der Waals surface area contributed by atoms with Gasteiger partial charge >= 0.3 is 5.97 Å². The van der Waals surface area contributed by atoms with Crippen LogP contribution in [0.4, 0.5) is 0 Å². The molecule has 1 fully saturated rings. The number of hydrogen-bond donors (Lipinski definition) is 1. The van der Waals surface area contributed by atoms with Crippen LogP contribution in [0.2, 0.25) is 0 Å². The van der Waals surface area contributed by atoms with Crippen LogP contribution in [0.3, 0.4) is 0 Å². The highest BCUT2D eigenvalue weighted by Crippen LogP contribution is 2.29. The van der Waals surface area contributed by atoms with Gasteiger partial charge in [-0.2, -0.15) is 0 Å². The van der Waals surface area contributed by atoms with Gasteiger partial charge in [0.1, 0.15) is 0 Å². The van der Waals surface area contributed by atoms with Gasteiger partial charge in [0.25, 0.3) is 0 Å². The van der Waals surface area contributed by atoms with E-state index in [2.05, 4.69) is 4.74 Å². The van der Waals surface area contributed by atoms with Crippen molar-refractivity contribution in [3.63, 3.8) is 0 Å². The summed E-state index contributed by atoms with van der Waals surface area (Å²) in [5, 5.41) is 0. The number of sulfonamides is 1.